The molecule has 29 heavy (non-hydrogen) atoms. The van der Waals surface area contributed by atoms with Gasteiger partial charge in [-0.25, -0.2) is 9.78 Å². The number of thiazole rings is 1. The standard InChI is InChI=1S/C21H29N5O2S/c1-4-28-21(27)26-12-10-17(11-13-26)25-20(22-3)23-14-18-15(2)24-19(29-18)16-8-6-5-7-9-16/h5-9,17H,4,10-14H2,1-3H3,(H2,22,23,25). The molecule has 1 aromatic carbocycles. The fourth-order valence-electron chi connectivity index (χ4n) is 3.27. The van der Waals surface area contributed by atoms with E-state index in [2.05, 4.69) is 27.8 Å². The third kappa shape index (κ3) is 5.69. The van der Waals surface area contributed by atoms with E-state index < -0.39 is 0 Å². The Morgan fingerprint density at radius 1 is 1.31 bits per heavy atom. The highest BCUT2D eigenvalue weighted by Gasteiger charge is 2.24. The van der Waals surface area contributed by atoms with E-state index in [1.165, 1.54) is 4.88 Å². The molecule has 1 aromatic heterocycles. The van der Waals surface area contributed by atoms with Gasteiger partial charge >= 0.3 is 6.09 Å². The topological polar surface area (TPSA) is 78.8 Å². The molecule has 7 nitrogen and oxygen atoms in total. The number of rotatable bonds is 5. The van der Waals surface area contributed by atoms with E-state index in [-0.39, 0.29) is 12.1 Å². The summed E-state index contributed by atoms with van der Waals surface area (Å²) in [6.07, 6.45) is 1.53. The summed E-state index contributed by atoms with van der Waals surface area (Å²) >= 11 is 1.70. The van der Waals surface area contributed by atoms with Crippen molar-refractivity contribution in [3.63, 3.8) is 0 Å². The average Bonchev–Trinajstić information content (AvgIpc) is 3.13. The van der Waals surface area contributed by atoms with Crippen LogP contribution in [-0.4, -0.2) is 54.7 Å². The fourth-order valence-corrected chi connectivity index (χ4v) is 4.28. The number of ether oxygens (including phenoxy) is 1. The van der Waals surface area contributed by atoms with Crippen molar-refractivity contribution < 1.29 is 9.53 Å². The van der Waals surface area contributed by atoms with Gasteiger partial charge in [0, 0.05) is 36.6 Å². The molecule has 1 amide bonds. The van der Waals surface area contributed by atoms with Crippen LogP contribution in [0.3, 0.4) is 0 Å². The van der Waals surface area contributed by atoms with E-state index in [1.54, 1.807) is 23.3 Å². The van der Waals surface area contributed by atoms with Gasteiger partial charge in [0.2, 0.25) is 0 Å². The van der Waals surface area contributed by atoms with Gasteiger partial charge in [0.15, 0.2) is 5.96 Å². The Labute approximate surface area is 176 Å². The molecule has 1 aliphatic rings. The number of nitrogens with one attached hydrogen (secondary N) is 2. The van der Waals surface area contributed by atoms with Crippen molar-refractivity contribution in [2.24, 2.45) is 4.99 Å². The molecule has 8 heteroatoms. The van der Waals surface area contributed by atoms with Crippen LogP contribution < -0.4 is 10.6 Å². The zero-order chi connectivity index (χ0) is 20.6. The van der Waals surface area contributed by atoms with Gasteiger partial charge in [0.25, 0.3) is 0 Å². The molecular weight excluding hydrogens is 386 g/mol. The first-order valence-corrected chi connectivity index (χ1v) is 10.8. The Balaban J connectivity index is 1.50. The number of carbonyl (C=O) groups excluding carboxylic acids is 1. The van der Waals surface area contributed by atoms with Crippen molar-refractivity contribution in [1.29, 1.82) is 0 Å². The maximum Gasteiger partial charge on any atom is 0.409 e. The number of benzene rings is 1. The molecule has 0 atom stereocenters. The minimum Gasteiger partial charge on any atom is -0.450 e. The molecule has 2 heterocycles. The number of carbonyl (C=O) groups is 1. The van der Waals surface area contributed by atoms with Crippen molar-refractivity contribution in [3.8, 4) is 10.6 Å². The van der Waals surface area contributed by atoms with Crippen LogP contribution in [0.25, 0.3) is 10.6 Å². The summed E-state index contributed by atoms with van der Waals surface area (Å²) in [4.78, 5) is 23.8. The highest BCUT2D eigenvalue weighted by Crippen LogP contribution is 2.27. The second kappa shape index (κ2) is 10.2. The highest BCUT2D eigenvalue weighted by molar-refractivity contribution is 7.15. The van der Waals surface area contributed by atoms with Crippen LogP contribution in [0.15, 0.2) is 35.3 Å². The fraction of sp³-hybridized carbons (Fsp3) is 0.476. The number of aryl methyl sites for hydroxylation is 1. The minimum absolute atomic E-state index is 0.219. The first-order valence-electron chi connectivity index (χ1n) is 10.0. The number of nitrogens with zero attached hydrogens (tertiary/aromatic N) is 3. The largest absolute Gasteiger partial charge is 0.450 e. The van der Waals surface area contributed by atoms with Gasteiger partial charge in [-0.1, -0.05) is 30.3 Å². The Kier molecular flexibility index (Phi) is 7.46. The van der Waals surface area contributed by atoms with Crippen LogP contribution in [0, 0.1) is 6.92 Å². The van der Waals surface area contributed by atoms with Gasteiger partial charge in [0.05, 0.1) is 18.8 Å². The molecule has 2 aromatic rings. The summed E-state index contributed by atoms with van der Waals surface area (Å²) in [5.41, 5.74) is 2.18. The van der Waals surface area contributed by atoms with Crippen molar-refractivity contribution in [1.82, 2.24) is 20.5 Å². The minimum atomic E-state index is -0.219. The van der Waals surface area contributed by atoms with Crippen LogP contribution in [0.1, 0.15) is 30.3 Å². The molecule has 0 aliphatic carbocycles. The number of likely N-dealkylation sites (tertiary alicyclic amines) is 1. The smallest absolute Gasteiger partial charge is 0.409 e. The van der Waals surface area contributed by atoms with Crippen LogP contribution in [0.5, 0.6) is 0 Å². The van der Waals surface area contributed by atoms with Crippen molar-refractivity contribution in [2.75, 3.05) is 26.7 Å². The van der Waals surface area contributed by atoms with E-state index in [0.29, 0.717) is 26.2 Å². The first-order chi connectivity index (χ1) is 14.1. The quantitative estimate of drug-likeness (QED) is 0.578. The Bertz CT molecular complexity index is 829. The SMILES string of the molecule is CCOC(=O)N1CCC(NC(=NC)NCc2sc(-c3ccccc3)nc2C)CC1. The van der Waals surface area contributed by atoms with Crippen molar-refractivity contribution in [3.05, 3.63) is 40.9 Å². The normalized spacial score (nSPS) is 15.3. The second-order valence-corrected chi connectivity index (χ2v) is 8.01. The molecule has 1 aliphatic heterocycles. The number of aromatic nitrogens is 1. The van der Waals surface area contributed by atoms with Crippen LogP contribution >= 0.6 is 11.3 Å². The molecule has 0 unspecified atom stereocenters. The van der Waals surface area contributed by atoms with E-state index >= 15 is 0 Å². The molecule has 3 rings (SSSR count). The summed E-state index contributed by atoms with van der Waals surface area (Å²) < 4.78 is 5.08. The summed E-state index contributed by atoms with van der Waals surface area (Å²) in [6.45, 7) is 6.36. The van der Waals surface area contributed by atoms with E-state index in [4.69, 9.17) is 9.72 Å². The Morgan fingerprint density at radius 3 is 2.69 bits per heavy atom. The molecule has 0 spiro atoms. The van der Waals surface area contributed by atoms with E-state index in [1.807, 2.05) is 32.0 Å². The lowest BCUT2D eigenvalue weighted by Gasteiger charge is -2.32. The lowest BCUT2D eigenvalue weighted by molar-refractivity contribution is 0.0963. The zero-order valence-electron chi connectivity index (χ0n) is 17.3. The van der Waals surface area contributed by atoms with Gasteiger partial charge in [-0.3, -0.25) is 4.99 Å². The maximum absolute atomic E-state index is 11.8. The number of amides is 1. The van der Waals surface area contributed by atoms with E-state index in [0.717, 1.165) is 35.1 Å². The third-order valence-electron chi connectivity index (χ3n) is 4.92. The van der Waals surface area contributed by atoms with Gasteiger partial charge in [-0.15, -0.1) is 11.3 Å². The summed E-state index contributed by atoms with van der Waals surface area (Å²) in [6, 6.07) is 10.5. The van der Waals surface area contributed by atoms with Gasteiger partial charge in [0.1, 0.15) is 5.01 Å². The van der Waals surface area contributed by atoms with Gasteiger partial charge < -0.3 is 20.3 Å². The molecule has 156 valence electrons. The maximum atomic E-state index is 11.8. The summed E-state index contributed by atoms with van der Waals surface area (Å²) in [5, 5.41) is 7.90. The van der Waals surface area contributed by atoms with Gasteiger partial charge in [-0.05, 0) is 26.7 Å². The van der Waals surface area contributed by atoms with Gasteiger partial charge in [-0.2, -0.15) is 0 Å². The highest BCUT2D eigenvalue weighted by atomic mass is 32.1. The van der Waals surface area contributed by atoms with Crippen molar-refractivity contribution in [2.45, 2.75) is 39.3 Å². The molecule has 0 radical (unpaired) electrons. The Hall–Kier alpha value is -2.61. The average molecular weight is 416 g/mol. The molecule has 1 fully saturated rings. The number of guanidine groups is 1. The lowest BCUT2D eigenvalue weighted by atomic mass is 10.1. The monoisotopic (exact) mass is 415 g/mol. The third-order valence-corrected chi connectivity index (χ3v) is 6.12. The molecule has 2 N–H and O–H groups in total. The number of hydrogen-bond acceptors (Lipinski definition) is 5. The number of aliphatic imine (C=N–C) groups is 1. The Morgan fingerprint density at radius 2 is 2.03 bits per heavy atom. The summed E-state index contributed by atoms with van der Waals surface area (Å²) in [7, 11) is 1.78. The van der Waals surface area contributed by atoms with Crippen LogP contribution in [-0.2, 0) is 11.3 Å². The predicted molar refractivity (Wildman–Crippen MR) is 117 cm³/mol. The number of piperidine rings is 1. The van der Waals surface area contributed by atoms with Crippen LogP contribution in [0.4, 0.5) is 4.79 Å². The molecule has 0 bridgehead atoms. The predicted octanol–water partition coefficient (Wildman–Crippen LogP) is 3.40. The lowest BCUT2D eigenvalue weighted by Crippen LogP contribution is -2.49. The number of hydrogen-bond donors (Lipinski definition) is 2. The first kappa shape index (κ1) is 21.1. The van der Waals surface area contributed by atoms with E-state index in [9.17, 15) is 4.79 Å². The molecular formula is C21H29N5O2S. The van der Waals surface area contributed by atoms with Crippen molar-refractivity contribution >= 4 is 23.4 Å². The zero-order valence-corrected chi connectivity index (χ0v) is 18.1. The summed E-state index contributed by atoms with van der Waals surface area (Å²) in [5.74, 6) is 0.772. The molecule has 1 saturated heterocycles. The molecule has 0 saturated carbocycles. The second-order valence-electron chi connectivity index (χ2n) is 6.92. The van der Waals surface area contributed by atoms with Crippen LogP contribution in [0.2, 0.25) is 0 Å².